The average molecular weight is 495 g/mol. The molecule has 0 radical (unpaired) electrons. The van der Waals surface area contributed by atoms with Crippen molar-refractivity contribution in [3.63, 3.8) is 0 Å². The van der Waals surface area contributed by atoms with Crippen molar-refractivity contribution in [2.75, 3.05) is 13.1 Å². The minimum absolute atomic E-state index is 0.0644. The van der Waals surface area contributed by atoms with Gasteiger partial charge in [-0.05, 0) is 61.4 Å². The molecule has 1 aliphatic rings. The quantitative estimate of drug-likeness (QED) is 0.333. The Morgan fingerprint density at radius 1 is 0.853 bits per heavy atom. The van der Waals surface area contributed by atoms with Crippen LogP contribution < -0.4 is 9.47 Å². The zero-order valence-electron chi connectivity index (χ0n) is 18.3. The molecule has 0 spiro atoms. The third-order valence-corrected chi connectivity index (χ3v) is 8.04. The molecule has 3 aromatic carbocycles. The van der Waals surface area contributed by atoms with Crippen molar-refractivity contribution in [1.29, 1.82) is 0 Å². The zero-order chi connectivity index (χ0) is 23.5. The molecule has 0 unspecified atom stereocenters. The molecule has 0 N–H and O–H groups in total. The fraction of sp³-hybridized carbons (Fsp3) is 0.192. The molecule has 5 rings (SSSR count). The van der Waals surface area contributed by atoms with E-state index in [1.165, 1.54) is 4.31 Å². The highest BCUT2D eigenvalue weighted by Crippen LogP contribution is 2.31. The first-order chi connectivity index (χ1) is 16.5. The fourth-order valence-corrected chi connectivity index (χ4v) is 5.67. The van der Waals surface area contributed by atoms with E-state index in [-0.39, 0.29) is 11.0 Å². The van der Waals surface area contributed by atoms with Crippen LogP contribution >= 0.6 is 11.6 Å². The van der Waals surface area contributed by atoms with Gasteiger partial charge in [0.25, 0.3) is 0 Å². The fourth-order valence-electron chi connectivity index (χ4n) is 4.02. The van der Waals surface area contributed by atoms with Crippen LogP contribution in [0.5, 0.6) is 17.2 Å². The molecule has 1 saturated heterocycles. The van der Waals surface area contributed by atoms with E-state index in [0.717, 1.165) is 16.7 Å². The standard InChI is InChI=1S/C26H23ClN2O4S/c27-23-7-1-2-8-24(23)32-20-10-12-22(13-11-20)34(30,31)29-17-14-21(15-18-29)33-25-9-3-5-19-6-4-16-28-26(19)25/h1-13,16,21H,14-15,17-18H2. The molecule has 34 heavy (non-hydrogen) atoms. The van der Waals surface area contributed by atoms with Crippen molar-refractivity contribution in [3.05, 3.63) is 90.1 Å². The van der Waals surface area contributed by atoms with Crippen molar-refractivity contribution >= 4 is 32.5 Å². The lowest BCUT2D eigenvalue weighted by Crippen LogP contribution is -2.41. The van der Waals surface area contributed by atoms with Crippen molar-refractivity contribution in [2.24, 2.45) is 0 Å². The van der Waals surface area contributed by atoms with Gasteiger partial charge in [0.05, 0.1) is 9.92 Å². The predicted octanol–water partition coefficient (Wildman–Crippen LogP) is 5.91. The van der Waals surface area contributed by atoms with Crippen molar-refractivity contribution in [3.8, 4) is 17.2 Å². The maximum absolute atomic E-state index is 13.2. The summed E-state index contributed by atoms with van der Waals surface area (Å²) in [6, 6.07) is 23.3. The molecule has 0 atom stereocenters. The van der Waals surface area contributed by atoms with Gasteiger partial charge in [0.2, 0.25) is 10.0 Å². The Labute approximate surface area is 203 Å². The van der Waals surface area contributed by atoms with Crippen LogP contribution in [0.15, 0.2) is 90.0 Å². The molecule has 4 aromatic rings. The topological polar surface area (TPSA) is 68.7 Å². The Morgan fingerprint density at radius 3 is 2.32 bits per heavy atom. The largest absolute Gasteiger partial charge is 0.488 e. The zero-order valence-corrected chi connectivity index (χ0v) is 19.9. The molecular formula is C26H23ClN2O4S. The molecule has 6 nitrogen and oxygen atoms in total. The molecule has 1 aliphatic heterocycles. The summed E-state index contributed by atoms with van der Waals surface area (Å²) in [5.74, 6) is 1.76. The monoisotopic (exact) mass is 494 g/mol. The number of para-hydroxylation sites is 2. The number of pyridine rings is 1. The molecule has 1 fully saturated rings. The Hall–Kier alpha value is -3.13. The van der Waals surface area contributed by atoms with E-state index in [2.05, 4.69) is 4.98 Å². The van der Waals surface area contributed by atoms with Gasteiger partial charge in [-0.3, -0.25) is 4.98 Å². The molecule has 2 heterocycles. The molecule has 8 heteroatoms. The smallest absolute Gasteiger partial charge is 0.243 e. The highest BCUT2D eigenvalue weighted by atomic mass is 35.5. The summed E-state index contributed by atoms with van der Waals surface area (Å²) >= 11 is 6.13. The normalized spacial score (nSPS) is 15.3. The van der Waals surface area contributed by atoms with E-state index >= 15 is 0 Å². The molecule has 0 saturated carbocycles. The first kappa shape index (κ1) is 22.7. The summed E-state index contributed by atoms with van der Waals surface area (Å²) in [5, 5.41) is 1.51. The third-order valence-electron chi connectivity index (χ3n) is 5.82. The Balaban J connectivity index is 1.23. The number of piperidine rings is 1. The lowest BCUT2D eigenvalue weighted by Gasteiger charge is -2.31. The van der Waals surface area contributed by atoms with E-state index in [1.54, 1.807) is 42.6 Å². The minimum atomic E-state index is -3.61. The first-order valence-corrected chi connectivity index (χ1v) is 12.9. The number of fused-ring (bicyclic) bond motifs is 1. The van der Waals surface area contributed by atoms with Crippen LogP contribution in [-0.4, -0.2) is 36.9 Å². The van der Waals surface area contributed by atoms with Crippen molar-refractivity contribution in [1.82, 2.24) is 9.29 Å². The molecule has 174 valence electrons. The lowest BCUT2D eigenvalue weighted by molar-refractivity contribution is 0.136. The van der Waals surface area contributed by atoms with Crippen LogP contribution in [0.1, 0.15) is 12.8 Å². The van der Waals surface area contributed by atoms with Crippen LogP contribution in [0.3, 0.4) is 0 Å². The van der Waals surface area contributed by atoms with Crippen molar-refractivity contribution in [2.45, 2.75) is 23.8 Å². The molecule has 0 amide bonds. The number of aromatic nitrogens is 1. The number of rotatable bonds is 6. The van der Waals surface area contributed by atoms with E-state index in [0.29, 0.717) is 42.5 Å². The lowest BCUT2D eigenvalue weighted by atomic mass is 10.1. The molecule has 0 bridgehead atoms. The van der Waals surface area contributed by atoms with E-state index in [4.69, 9.17) is 21.1 Å². The Morgan fingerprint density at radius 2 is 1.56 bits per heavy atom. The summed E-state index contributed by atoms with van der Waals surface area (Å²) in [4.78, 5) is 4.66. The second kappa shape index (κ2) is 9.62. The van der Waals surface area contributed by atoms with Crippen molar-refractivity contribution < 1.29 is 17.9 Å². The Kier molecular flexibility index (Phi) is 6.41. The van der Waals surface area contributed by atoms with E-state index < -0.39 is 10.0 Å². The van der Waals surface area contributed by atoms with E-state index in [9.17, 15) is 8.42 Å². The maximum Gasteiger partial charge on any atom is 0.243 e. The maximum atomic E-state index is 13.2. The number of halogens is 1. The third kappa shape index (κ3) is 4.73. The summed E-state index contributed by atoms with van der Waals surface area (Å²) in [6.45, 7) is 0.784. The van der Waals surface area contributed by atoms with Gasteiger partial charge < -0.3 is 9.47 Å². The second-order valence-electron chi connectivity index (χ2n) is 8.06. The second-order valence-corrected chi connectivity index (χ2v) is 10.4. The number of ether oxygens (including phenoxy) is 2. The SMILES string of the molecule is O=S(=O)(c1ccc(Oc2ccccc2Cl)cc1)N1CCC(Oc2cccc3cccnc23)CC1. The van der Waals surface area contributed by atoms with Gasteiger partial charge in [-0.1, -0.05) is 41.9 Å². The minimum Gasteiger partial charge on any atom is -0.488 e. The molecule has 1 aromatic heterocycles. The van der Waals surface area contributed by atoms with Crippen LogP contribution in [0, 0.1) is 0 Å². The van der Waals surface area contributed by atoms with Crippen LogP contribution in [-0.2, 0) is 10.0 Å². The average Bonchev–Trinajstić information content (AvgIpc) is 2.86. The number of nitrogens with zero attached hydrogens (tertiary/aromatic N) is 2. The molecular weight excluding hydrogens is 472 g/mol. The predicted molar refractivity (Wildman–Crippen MR) is 132 cm³/mol. The summed E-state index contributed by atoms with van der Waals surface area (Å²) < 4.78 is 39.8. The van der Waals surface area contributed by atoms with Gasteiger partial charge in [0.1, 0.15) is 28.9 Å². The van der Waals surface area contributed by atoms with Gasteiger partial charge in [-0.2, -0.15) is 4.31 Å². The molecule has 0 aliphatic carbocycles. The summed E-state index contributed by atoms with van der Waals surface area (Å²) in [6.07, 6.45) is 2.90. The van der Waals surface area contributed by atoms with Gasteiger partial charge in [-0.25, -0.2) is 8.42 Å². The summed E-state index contributed by atoms with van der Waals surface area (Å²) in [7, 11) is -3.61. The van der Waals surface area contributed by atoms with Gasteiger partial charge >= 0.3 is 0 Å². The van der Waals surface area contributed by atoms with Gasteiger partial charge in [0, 0.05) is 24.7 Å². The van der Waals surface area contributed by atoms with Gasteiger partial charge in [-0.15, -0.1) is 0 Å². The summed E-state index contributed by atoms with van der Waals surface area (Å²) in [5.41, 5.74) is 0.819. The van der Waals surface area contributed by atoms with Gasteiger partial charge in [0.15, 0.2) is 0 Å². The number of hydrogen-bond donors (Lipinski definition) is 0. The Bertz CT molecular complexity index is 1400. The van der Waals surface area contributed by atoms with Crippen LogP contribution in [0.4, 0.5) is 0 Å². The number of hydrogen-bond acceptors (Lipinski definition) is 5. The highest BCUT2D eigenvalue weighted by molar-refractivity contribution is 7.89. The van der Waals surface area contributed by atoms with Crippen LogP contribution in [0.2, 0.25) is 5.02 Å². The number of benzene rings is 3. The van der Waals surface area contributed by atoms with Crippen LogP contribution in [0.25, 0.3) is 10.9 Å². The highest BCUT2D eigenvalue weighted by Gasteiger charge is 2.30. The number of sulfonamides is 1. The van der Waals surface area contributed by atoms with E-state index in [1.807, 2.05) is 42.5 Å². The first-order valence-electron chi connectivity index (χ1n) is 11.0.